The van der Waals surface area contributed by atoms with Crippen LogP contribution in [-0.4, -0.2) is 13.1 Å². The van der Waals surface area contributed by atoms with Crippen LogP contribution < -0.4 is 5.32 Å². The Morgan fingerprint density at radius 1 is 1.17 bits per heavy atom. The highest BCUT2D eigenvalue weighted by Crippen LogP contribution is 2.41. The monoisotopic (exact) mass is 249 g/mol. The van der Waals surface area contributed by atoms with Crippen LogP contribution >= 0.6 is 0 Å². The second-order valence-corrected chi connectivity index (χ2v) is 6.84. The molecule has 0 aromatic carbocycles. The fourth-order valence-electron chi connectivity index (χ4n) is 3.36. The molecule has 1 aliphatic carbocycles. The molecule has 1 fully saturated rings. The molecule has 1 N–H and O–H groups in total. The summed E-state index contributed by atoms with van der Waals surface area (Å²) in [5.74, 6) is 7.98. The lowest BCUT2D eigenvalue weighted by Crippen LogP contribution is -2.37. The molecule has 1 aliphatic rings. The van der Waals surface area contributed by atoms with Gasteiger partial charge in [-0.15, -0.1) is 11.8 Å². The van der Waals surface area contributed by atoms with Gasteiger partial charge in [-0.2, -0.15) is 0 Å². The van der Waals surface area contributed by atoms with Gasteiger partial charge in [0.25, 0.3) is 0 Å². The second kappa shape index (κ2) is 7.19. The summed E-state index contributed by atoms with van der Waals surface area (Å²) in [6.07, 6.45) is 7.86. The molecule has 0 amide bonds. The van der Waals surface area contributed by atoms with Gasteiger partial charge in [-0.05, 0) is 63.3 Å². The number of nitrogens with one attached hydrogen (secondary N) is 1. The van der Waals surface area contributed by atoms with E-state index in [1.54, 1.807) is 0 Å². The highest BCUT2D eigenvalue weighted by molar-refractivity contribution is 4.96. The van der Waals surface area contributed by atoms with Crippen LogP contribution in [0, 0.1) is 29.1 Å². The molecule has 0 heterocycles. The van der Waals surface area contributed by atoms with Crippen molar-refractivity contribution in [3.8, 4) is 11.8 Å². The zero-order valence-corrected chi connectivity index (χ0v) is 13.0. The van der Waals surface area contributed by atoms with Crippen LogP contribution in [-0.2, 0) is 0 Å². The average molecular weight is 249 g/mol. The highest BCUT2D eigenvalue weighted by Gasteiger charge is 2.32. The minimum Gasteiger partial charge on any atom is -0.317 e. The van der Waals surface area contributed by atoms with E-state index in [0.29, 0.717) is 11.5 Å². The summed E-state index contributed by atoms with van der Waals surface area (Å²) in [4.78, 5) is 0. The van der Waals surface area contributed by atoms with Crippen LogP contribution in [0.2, 0.25) is 0 Å². The molecule has 0 aliphatic heterocycles. The first-order chi connectivity index (χ1) is 8.49. The molecule has 1 heteroatoms. The minimum atomic E-state index is 0.494. The van der Waals surface area contributed by atoms with Crippen LogP contribution in [0.3, 0.4) is 0 Å². The summed E-state index contributed by atoms with van der Waals surface area (Å²) in [7, 11) is 2.11. The summed E-state index contributed by atoms with van der Waals surface area (Å²) in [5.41, 5.74) is 0.494. The van der Waals surface area contributed by atoms with Crippen LogP contribution in [0.1, 0.15) is 66.2 Å². The van der Waals surface area contributed by atoms with Crippen molar-refractivity contribution in [1.82, 2.24) is 5.32 Å². The molecule has 0 aromatic rings. The van der Waals surface area contributed by atoms with E-state index in [4.69, 9.17) is 0 Å². The van der Waals surface area contributed by atoms with Gasteiger partial charge in [0.05, 0.1) is 0 Å². The summed E-state index contributed by atoms with van der Waals surface area (Å²) < 4.78 is 0. The Morgan fingerprint density at radius 2 is 1.78 bits per heavy atom. The molecule has 1 rings (SSSR count). The van der Waals surface area contributed by atoms with Gasteiger partial charge in [-0.3, -0.25) is 0 Å². The third kappa shape index (κ3) is 4.65. The van der Waals surface area contributed by atoms with Crippen molar-refractivity contribution < 1.29 is 0 Å². The van der Waals surface area contributed by atoms with Crippen molar-refractivity contribution in [2.75, 3.05) is 7.05 Å². The standard InChI is InChI=1S/C17H31N/c1-6-7-8-9-16(18-5)14-10-12-15(13-11-14)17(2,3)4/h14-16,18H,8-13H2,1-5H3. The topological polar surface area (TPSA) is 12.0 Å². The number of hydrogen-bond donors (Lipinski definition) is 1. The smallest absolute Gasteiger partial charge is 0.0103 e. The van der Waals surface area contributed by atoms with E-state index in [2.05, 4.69) is 45.0 Å². The maximum absolute atomic E-state index is 3.52. The Kier molecular flexibility index (Phi) is 6.22. The Labute approximate surface area is 114 Å². The van der Waals surface area contributed by atoms with E-state index in [1.165, 1.54) is 32.1 Å². The Morgan fingerprint density at radius 3 is 2.22 bits per heavy atom. The SMILES string of the molecule is CC#CCCC(NC)C1CCC(C(C)(C)C)CC1. The molecule has 104 valence electrons. The zero-order valence-electron chi connectivity index (χ0n) is 13.0. The van der Waals surface area contributed by atoms with E-state index in [0.717, 1.165) is 18.3 Å². The van der Waals surface area contributed by atoms with E-state index >= 15 is 0 Å². The molecule has 0 aromatic heterocycles. The molecule has 0 saturated heterocycles. The van der Waals surface area contributed by atoms with Gasteiger partial charge in [-0.25, -0.2) is 0 Å². The molecule has 0 radical (unpaired) electrons. The average Bonchev–Trinajstić information content (AvgIpc) is 2.34. The van der Waals surface area contributed by atoms with Crippen LogP contribution in [0.25, 0.3) is 0 Å². The summed E-state index contributed by atoms with van der Waals surface area (Å²) in [6, 6.07) is 0.673. The lowest BCUT2D eigenvalue weighted by Gasteiger charge is -2.39. The summed E-state index contributed by atoms with van der Waals surface area (Å²) in [6.45, 7) is 9.11. The molecular weight excluding hydrogens is 218 g/mol. The summed E-state index contributed by atoms with van der Waals surface area (Å²) in [5, 5.41) is 3.52. The molecule has 0 spiro atoms. The quantitative estimate of drug-likeness (QED) is 0.735. The molecule has 1 saturated carbocycles. The maximum atomic E-state index is 3.52. The largest absolute Gasteiger partial charge is 0.317 e. The van der Waals surface area contributed by atoms with Gasteiger partial charge in [0.1, 0.15) is 0 Å². The van der Waals surface area contributed by atoms with Gasteiger partial charge in [0.15, 0.2) is 0 Å². The first-order valence-corrected chi connectivity index (χ1v) is 7.56. The van der Waals surface area contributed by atoms with E-state index < -0.39 is 0 Å². The lowest BCUT2D eigenvalue weighted by molar-refractivity contribution is 0.132. The molecule has 1 nitrogen and oxygen atoms in total. The lowest BCUT2D eigenvalue weighted by atomic mass is 9.68. The normalized spacial score (nSPS) is 26.3. The highest BCUT2D eigenvalue weighted by atomic mass is 14.9. The fourth-order valence-corrected chi connectivity index (χ4v) is 3.36. The van der Waals surface area contributed by atoms with Crippen LogP contribution in [0.5, 0.6) is 0 Å². The first-order valence-electron chi connectivity index (χ1n) is 7.56. The molecule has 1 unspecified atom stereocenters. The van der Waals surface area contributed by atoms with Crippen molar-refractivity contribution in [1.29, 1.82) is 0 Å². The third-order valence-corrected chi connectivity index (χ3v) is 4.69. The number of rotatable bonds is 4. The molecule has 0 bridgehead atoms. The van der Waals surface area contributed by atoms with E-state index in [-0.39, 0.29) is 0 Å². The van der Waals surface area contributed by atoms with Gasteiger partial charge < -0.3 is 5.32 Å². The maximum Gasteiger partial charge on any atom is 0.0103 e. The minimum absolute atomic E-state index is 0.494. The number of hydrogen-bond acceptors (Lipinski definition) is 1. The van der Waals surface area contributed by atoms with Gasteiger partial charge in [0.2, 0.25) is 0 Å². The van der Waals surface area contributed by atoms with Crippen molar-refractivity contribution in [2.45, 2.75) is 72.3 Å². The Bertz CT molecular complexity index is 281. The fraction of sp³-hybridized carbons (Fsp3) is 0.882. The predicted octanol–water partition coefficient (Wildman–Crippen LogP) is 4.23. The van der Waals surface area contributed by atoms with Crippen LogP contribution in [0.15, 0.2) is 0 Å². The van der Waals surface area contributed by atoms with Crippen molar-refractivity contribution in [3.05, 3.63) is 0 Å². The Balaban J connectivity index is 2.41. The van der Waals surface area contributed by atoms with Gasteiger partial charge in [-0.1, -0.05) is 20.8 Å². The van der Waals surface area contributed by atoms with Gasteiger partial charge >= 0.3 is 0 Å². The third-order valence-electron chi connectivity index (χ3n) is 4.69. The van der Waals surface area contributed by atoms with E-state index in [1.807, 2.05) is 6.92 Å². The van der Waals surface area contributed by atoms with Crippen molar-refractivity contribution in [2.24, 2.45) is 17.3 Å². The van der Waals surface area contributed by atoms with E-state index in [9.17, 15) is 0 Å². The van der Waals surface area contributed by atoms with Gasteiger partial charge in [0, 0.05) is 12.5 Å². The second-order valence-electron chi connectivity index (χ2n) is 6.84. The van der Waals surface area contributed by atoms with Crippen LogP contribution in [0.4, 0.5) is 0 Å². The molecule has 18 heavy (non-hydrogen) atoms. The van der Waals surface area contributed by atoms with Crippen molar-refractivity contribution in [3.63, 3.8) is 0 Å². The zero-order chi connectivity index (χ0) is 13.6. The predicted molar refractivity (Wildman–Crippen MR) is 80.4 cm³/mol. The Hall–Kier alpha value is -0.480. The molecular formula is C17H31N. The summed E-state index contributed by atoms with van der Waals surface area (Å²) >= 11 is 0. The van der Waals surface area contributed by atoms with Crippen molar-refractivity contribution >= 4 is 0 Å². The molecule has 1 atom stereocenters. The first kappa shape index (κ1) is 15.6.